The monoisotopic (exact) mass is 436 g/mol. The predicted molar refractivity (Wildman–Crippen MR) is 126 cm³/mol. The lowest BCUT2D eigenvalue weighted by molar-refractivity contribution is -0.566. The summed E-state index contributed by atoms with van der Waals surface area (Å²) in [4.78, 5) is 19.2. The average Bonchev–Trinajstić information content (AvgIpc) is 2.86. The van der Waals surface area contributed by atoms with Gasteiger partial charge in [-0.2, -0.15) is 4.73 Å². The second-order valence-electron chi connectivity index (χ2n) is 7.43. The molecule has 0 spiro atoms. The fraction of sp³-hybridized carbons (Fsp3) is 0.0370. The molecule has 0 atom stereocenters. The topological polar surface area (TPSA) is 67.4 Å². The minimum absolute atomic E-state index is 0.0147. The van der Waals surface area contributed by atoms with Crippen LogP contribution in [0.1, 0.15) is 5.56 Å². The van der Waals surface area contributed by atoms with E-state index in [0.29, 0.717) is 27.1 Å². The van der Waals surface area contributed by atoms with Crippen LogP contribution in [0.2, 0.25) is 0 Å². The molecular formula is C27H20N2O4. The third-order valence-corrected chi connectivity index (χ3v) is 5.22. The summed E-state index contributed by atoms with van der Waals surface area (Å²) < 4.78 is 7.68. The Balaban J connectivity index is 1.45. The van der Waals surface area contributed by atoms with Crippen LogP contribution in [0.25, 0.3) is 22.3 Å². The van der Waals surface area contributed by atoms with E-state index in [0.717, 1.165) is 11.3 Å². The van der Waals surface area contributed by atoms with E-state index in [2.05, 4.69) is 0 Å². The second kappa shape index (κ2) is 8.88. The first-order valence-corrected chi connectivity index (χ1v) is 10.5. The van der Waals surface area contributed by atoms with Gasteiger partial charge in [0, 0.05) is 6.07 Å². The lowest BCUT2D eigenvalue weighted by Gasteiger charge is -2.14. The zero-order valence-electron chi connectivity index (χ0n) is 17.6. The second-order valence-corrected chi connectivity index (χ2v) is 7.43. The van der Waals surface area contributed by atoms with Gasteiger partial charge in [-0.1, -0.05) is 60.7 Å². The fourth-order valence-electron chi connectivity index (χ4n) is 3.60. The molecule has 0 fully saturated rings. The van der Waals surface area contributed by atoms with Crippen molar-refractivity contribution in [3.05, 3.63) is 130 Å². The number of aromatic nitrogens is 2. The van der Waals surface area contributed by atoms with Crippen molar-refractivity contribution in [3.8, 4) is 22.8 Å². The Morgan fingerprint density at radius 1 is 0.727 bits per heavy atom. The highest BCUT2D eigenvalue weighted by atomic mass is 16.7. The van der Waals surface area contributed by atoms with Gasteiger partial charge in [-0.3, -0.25) is 4.79 Å². The molecule has 5 rings (SSSR count). The summed E-state index contributed by atoms with van der Waals surface area (Å²) in [6.45, 7) is 0.145. The third-order valence-electron chi connectivity index (χ3n) is 5.22. The predicted octanol–water partition coefficient (Wildman–Crippen LogP) is 4.72. The lowest BCUT2D eigenvalue weighted by atomic mass is 10.1. The van der Waals surface area contributed by atoms with E-state index in [4.69, 9.17) is 9.57 Å². The average molecular weight is 436 g/mol. The summed E-state index contributed by atoms with van der Waals surface area (Å²) in [5.74, 6) is 1.45. The normalized spacial score (nSPS) is 10.8. The molecule has 0 bridgehead atoms. The maximum Gasteiger partial charge on any atom is 0.357 e. The number of hydrogen-bond acceptors (Lipinski definition) is 4. The van der Waals surface area contributed by atoms with Crippen molar-refractivity contribution in [3.63, 3.8) is 0 Å². The van der Waals surface area contributed by atoms with E-state index in [1.54, 1.807) is 48.5 Å². The molecule has 0 aliphatic rings. The van der Waals surface area contributed by atoms with Gasteiger partial charge in [-0.25, -0.2) is 0 Å². The minimum Gasteiger partial charge on any atom is -0.618 e. The molecular weight excluding hydrogens is 416 g/mol. The Hall–Kier alpha value is -4.58. The summed E-state index contributed by atoms with van der Waals surface area (Å²) in [6, 6.07) is 32.7. The van der Waals surface area contributed by atoms with Crippen LogP contribution < -0.4 is 19.9 Å². The molecule has 0 aliphatic heterocycles. The van der Waals surface area contributed by atoms with Crippen molar-refractivity contribution >= 4 is 11.0 Å². The van der Waals surface area contributed by atoms with E-state index in [-0.39, 0.29) is 12.3 Å². The standard InChI is InChI=1S/C27H20N2O4/c30-27-26(21-9-3-1-4-10-21)28(31)24-13-7-8-14-25(24)29(27)32-19-20-15-17-23(18-16-20)33-22-11-5-2-6-12-22/h1-18H,19H2. The van der Waals surface area contributed by atoms with Crippen LogP contribution in [0.5, 0.6) is 11.5 Å². The highest BCUT2D eigenvalue weighted by molar-refractivity contribution is 5.73. The first-order chi connectivity index (χ1) is 16.2. The molecule has 1 heterocycles. The van der Waals surface area contributed by atoms with E-state index < -0.39 is 5.56 Å². The summed E-state index contributed by atoms with van der Waals surface area (Å²) in [6.07, 6.45) is 0. The molecule has 0 N–H and O–H groups in total. The molecule has 0 radical (unpaired) electrons. The van der Waals surface area contributed by atoms with Gasteiger partial charge in [0.1, 0.15) is 18.1 Å². The molecule has 0 amide bonds. The van der Waals surface area contributed by atoms with Crippen LogP contribution in [0, 0.1) is 5.21 Å². The number of ether oxygens (including phenoxy) is 1. The Morgan fingerprint density at radius 2 is 1.33 bits per heavy atom. The SMILES string of the molecule is O=c1c(-c2ccccc2)[n+]([O-])c2ccccc2n1OCc1ccc(Oc2ccccc2)cc1. The van der Waals surface area contributed by atoms with Crippen molar-refractivity contribution in [1.29, 1.82) is 0 Å². The van der Waals surface area contributed by atoms with Gasteiger partial charge in [0.15, 0.2) is 5.52 Å². The van der Waals surface area contributed by atoms with Gasteiger partial charge in [-0.05, 0) is 48.0 Å². The number of nitrogens with zero attached hydrogens (tertiary/aromatic N) is 2. The van der Waals surface area contributed by atoms with Crippen LogP contribution in [0.4, 0.5) is 0 Å². The highest BCUT2D eigenvalue weighted by Crippen LogP contribution is 2.21. The Labute approximate surface area is 190 Å². The molecule has 0 saturated heterocycles. The number of fused-ring (bicyclic) bond motifs is 1. The van der Waals surface area contributed by atoms with E-state index in [9.17, 15) is 10.0 Å². The van der Waals surface area contributed by atoms with Gasteiger partial charge in [0.25, 0.3) is 5.69 Å². The summed E-state index contributed by atoms with van der Waals surface area (Å²) >= 11 is 0. The summed E-state index contributed by atoms with van der Waals surface area (Å²) in [5, 5.41) is 13.0. The van der Waals surface area contributed by atoms with Gasteiger partial charge in [-0.15, -0.1) is 4.73 Å². The molecule has 5 aromatic rings. The van der Waals surface area contributed by atoms with Crippen LogP contribution in [0.15, 0.2) is 114 Å². The lowest BCUT2D eigenvalue weighted by Crippen LogP contribution is -2.42. The number of benzene rings is 4. The van der Waals surface area contributed by atoms with Crippen LogP contribution >= 0.6 is 0 Å². The maximum absolute atomic E-state index is 13.3. The van der Waals surface area contributed by atoms with Crippen molar-refractivity contribution in [2.45, 2.75) is 6.61 Å². The zero-order chi connectivity index (χ0) is 22.6. The van der Waals surface area contributed by atoms with Crippen LogP contribution in [-0.4, -0.2) is 4.73 Å². The van der Waals surface area contributed by atoms with Gasteiger partial charge >= 0.3 is 5.56 Å². The van der Waals surface area contributed by atoms with E-state index >= 15 is 0 Å². The number of hydrogen-bond donors (Lipinski definition) is 0. The van der Waals surface area contributed by atoms with Gasteiger partial charge in [0.05, 0.1) is 5.56 Å². The Morgan fingerprint density at radius 3 is 2.06 bits per heavy atom. The highest BCUT2D eigenvalue weighted by Gasteiger charge is 2.23. The van der Waals surface area contributed by atoms with Crippen LogP contribution in [-0.2, 0) is 6.61 Å². The first-order valence-electron chi connectivity index (χ1n) is 10.5. The number of para-hydroxylation sites is 3. The molecule has 4 aromatic carbocycles. The number of rotatable bonds is 6. The Bertz CT molecular complexity index is 1450. The minimum atomic E-state index is -0.515. The maximum atomic E-state index is 13.3. The van der Waals surface area contributed by atoms with Crippen molar-refractivity contribution in [1.82, 2.24) is 4.73 Å². The van der Waals surface area contributed by atoms with E-state index in [1.807, 2.05) is 60.7 Å². The first kappa shape index (κ1) is 20.3. The van der Waals surface area contributed by atoms with Crippen molar-refractivity contribution in [2.75, 3.05) is 0 Å². The molecule has 1 aromatic heterocycles. The van der Waals surface area contributed by atoms with Gasteiger partial charge < -0.3 is 14.8 Å². The van der Waals surface area contributed by atoms with Crippen molar-refractivity contribution < 1.29 is 14.3 Å². The zero-order valence-corrected chi connectivity index (χ0v) is 17.6. The molecule has 0 unspecified atom stereocenters. The smallest absolute Gasteiger partial charge is 0.357 e. The van der Waals surface area contributed by atoms with Crippen molar-refractivity contribution in [2.24, 2.45) is 0 Å². The molecule has 33 heavy (non-hydrogen) atoms. The fourth-order valence-corrected chi connectivity index (χ4v) is 3.60. The molecule has 0 saturated carbocycles. The molecule has 162 valence electrons. The Kier molecular flexibility index (Phi) is 5.47. The third kappa shape index (κ3) is 4.14. The van der Waals surface area contributed by atoms with E-state index in [1.165, 1.54) is 4.73 Å². The van der Waals surface area contributed by atoms with Gasteiger partial charge in [0.2, 0.25) is 5.52 Å². The molecule has 6 nitrogen and oxygen atoms in total. The quantitative estimate of drug-likeness (QED) is 0.285. The molecule has 0 aliphatic carbocycles. The summed E-state index contributed by atoms with van der Waals surface area (Å²) in [7, 11) is 0. The largest absolute Gasteiger partial charge is 0.618 e. The molecule has 6 heteroatoms. The summed E-state index contributed by atoms with van der Waals surface area (Å²) in [5.41, 5.74) is 1.64. The van der Waals surface area contributed by atoms with Crippen LogP contribution in [0.3, 0.4) is 0 Å².